The second-order valence-electron chi connectivity index (χ2n) is 18.2. The van der Waals surface area contributed by atoms with Crippen molar-refractivity contribution in [3.05, 3.63) is 77.0 Å². The monoisotopic (exact) mass is 877 g/mol. The summed E-state index contributed by atoms with van der Waals surface area (Å²) in [6.45, 7) is 9.60. The van der Waals surface area contributed by atoms with Crippen molar-refractivity contribution < 1.29 is 57.9 Å². The first-order chi connectivity index (χ1) is 30.2. The fourth-order valence-electron chi connectivity index (χ4n) is 9.19. The molecule has 0 radical (unpaired) electrons. The number of amides is 2. The van der Waals surface area contributed by atoms with Gasteiger partial charge in [-0.1, -0.05) is 75.9 Å². The number of carbonyl (C=O) groups excluding carboxylic acids is 4. The quantitative estimate of drug-likeness (QED) is 0.0611. The lowest BCUT2D eigenvalue weighted by atomic mass is 9.62. The Morgan fingerprint density at radius 2 is 1.68 bits per heavy atom. The second-order valence-corrected chi connectivity index (χ2v) is 18.2. The van der Waals surface area contributed by atoms with E-state index in [-0.39, 0.29) is 58.1 Å². The molecule has 15 nitrogen and oxygen atoms in total. The number of aliphatic hydroxyl groups is 2. The van der Waals surface area contributed by atoms with Crippen molar-refractivity contribution in [3.63, 3.8) is 0 Å². The molecule has 3 heterocycles. The first kappa shape index (κ1) is 48.1. The molecule has 2 amide bonds. The molecule has 0 spiro atoms. The van der Waals surface area contributed by atoms with Gasteiger partial charge >= 0.3 is 11.9 Å². The molecule has 346 valence electrons. The largest absolute Gasteiger partial charge is 0.499 e. The fraction of sp³-hybridized carbons (Fsp3) is 0.625. The summed E-state index contributed by atoms with van der Waals surface area (Å²) in [5, 5.41) is 26.5. The third kappa shape index (κ3) is 11.7. The zero-order chi connectivity index (χ0) is 45.2. The number of benzene rings is 2. The Balaban J connectivity index is 1.23. The molecule has 6 rings (SSSR count). The lowest BCUT2D eigenvalue weighted by Gasteiger charge is -2.48. The van der Waals surface area contributed by atoms with Gasteiger partial charge in [-0.25, -0.2) is 0 Å². The van der Waals surface area contributed by atoms with Crippen LogP contribution in [-0.2, 0) is 56.0 Å². The first-order valence-corrected chi connectivity index (χ1v) is 22.7. The van der Waals surface area contributed by atoms with Gasteiger partial charge < -0.3 is 44.5 Å². The topological polar surface area (TPSA) is 191 Å². The molecule has 63 heavy (non-hydrogen) atoms. The molecule has 2 aromatic rings. The van der Waals surface area contributed by atoms with Crippen LogP contribution in [-0.4, -0.2) is 107 Å². The van der Waals surface area contributed by atoms with Crippen LogP contribution in [0.1, 0.15) is 132 Å². The third-order valence-corrected chi connectivity index (χ3v) is 12.2. The summed E-state index contributed by atoms with van der Waals surface area (Å²) >= 11 is 0. The van der Waals surface area contributed by atoms with E-state index in [0.29, 0.717) is 24.0 Å². The number of esters is 2. The van der Waals surface area contributed by atoms with Gasteiger partial charge in [0.1, 0.15) is 42.0 Å². The molecule has 2 unspecified atom stereocenters. The zero-order valence-electron chi connectivity index (χ0n) is 37.5. The minimum absolute atomic E-state index is 0.0258. The van der Waals surface area contributed by atoms with Crippen molar-refractivity contribution in [1.82, 2.24) is 15.7 Å². The predicted molar refractivity (Wildman–Crippen MR) is 232 cm³/mol. The van der Waals surface area contributed by atoms with Gasteiger partial charge in [-0.3, -0.25) is 24.0 Å². The van der Waals surface area contributed by atoms with E-state index in [1.54, 1.807) is 56.2 Å². The molecule has 0 aromatic heterocycles. The van der Waals surface area contributed by atoms with E-state index in [0.717, 1.165) is 49.7 Å². The van der Waals surface area contributed by atoms with Gasteiger partial charge in [0.25, 0.3) is 5.91 Å². The molecule has 4 aliphatic rings. The summed E-state index contributed by atoms with van der Waals surface area (Å²) in [5.41, 5.74) is 0.622. The number of unbranched alkanes of at least 4 members (excludes halogenated alkanes) is 4. The van der Waals surface area contributed by atoms with Gasteiger partial charge in [-0.15, -0.1) is 0 Å². The van der Waals surface area contributed by atoms with Crippen LogP contribution in [0, 0.1) is 5.41 Å². The summed E-state index contributed by atoms with van der Waals surface area (Å²) in [6, 6.07) is 12.7. The summed E-state index contributed by atoms with van der Waals surface area (Å²) in [7, 11) is 0. The molecule has 1 saturated carbocycles. The Morgan fingerprint density at radius 1 is 0.968 bits per heavy atom. The van der Waals surface area contributed by atoms with E-state index in [9.17, 15) is 24.3 Å². The smallest absolute Gasteiger partial charge is 0.327 e. The Labute approximate surface area is 371 Å². The average molecular weight is 878 g/mol. The van der Waals surface area contributed by atoms with E-state index in [1.807, 2.05) is 24.3 Å². The molecular formula is C48H67N3O12. The Hall–Kier alpha value is -4.38. The van der Waals surface area contributed by atoms with E-state index in [2.05, 4.69) is 24.5 Å². The van der Waals surface area contributed by atoms with Crippen LogP contribution < -0.4 is 10.6 Å². The second kappa shape index (κ2) is 21.5. The number of nitrogens with zero attached hydrogens (tertiary/aromatic N) is 1. The highest BCUT2D eigenvalue weighted by atomic mass is 16.8. The van der Waals surface area contributed by atoms with E-state index >= 15 is 0 Å². The highest BCUT2D eigenvalue weighted by molar-refractivity contribution is 5.95. The fourth-order valence-corrected chi connectivity index (χ4v) is 9.19. The summed E-state index contributed by atoms with van der Waals surface area (Å²) in [5.74, 6) is -2.72. The third-order valence-electron chi connectivity index (χ3n) is 12.2. The maximum atomic E-state index is 15.0. The summed E-state index contributed by atoms with van der Waals surface area (Å²) in [6.07, 6.45) is 8.05. The van der Waals surface area contributed by atoms with Crippen molar-refractivity contribution in [2.24, 2.45) is 5.41 Å². The van der Waals surface area contributed by atoms with Crippen molar-refractivity contribution in [1.29, 1.82) is 0 Å². The lowest BCUT2D eigenvalue weighted by Crippen LogP contribution is -2.69. The number of nitrogens with one attached hydrogen (secondary N) is 2. The molecule has 4 N–H and O–H groups in total. The normalized spacial score (nSPS) is 25.3. The highest BCUT2D eigenvalue weighted by Gasteiger charge is 2.76. The Morgan fingerprint density at radius 3 is 2.35 bits per heavy atom. The summed E-state index contributed by atoms with van der Waals surface area (Å²) in [4.78, 5) is 61.7. The summed E-state index contributed by atoms with van der Waals surface area (Å²) < 4.78 is 30.7. The maximum Gasteiger partial charge on any atom is 0.327 e. The highest BCUT2D eigenvalue weighted by Crippen LogP contribution is 2.58. The molecule has 2 bridgehead atoms. The molecule has 2 aromatic carbocycles. The lowest BCUT2D eigenvalue weighted by molar-refractivity contribution is -0.224. The Kier molecular flexibility index (Phi) is 16.4. The Bertz CT molecular complexity index is 1890. The van der Waals surface area contributed by atoms with Gasteiger partial charge in [0.2, 0.25) is 5.91 Å². The van der Waals surface area contributed by atoms with Crippen LogP contribution in [0.3, 0.4) is 0 Å². The van der Waals surface area contributed by atoms with Gasteiger partial charge in [-0.2, -0.15) is 5.06 Å². The van der Waals surface area contributed by atoms with Gasteiger partial charge in [0, 0.05) is 37.8 Å². The van der Waals surface area contributed by atoms with Crippen molar-refractivity contribution in [3.8, 4) is 0 Å². The van der Waals surface area contributed by atoms with Crippen LogP contribution in [0.15, 0.2) is 54.8 Å². The van der Waals surface area contributed by atoms with Crippen LogP contribution >= 0.6 is 0 Å². The number of carbonyl (C=O) groups is 4. The van der Waals surface area contributed by atoms with Crippen LogP contribution in [0.4, 0.5) is 0 Å². The minimum Gasteiger partial charge on any atom is -0.499 e. The number of fused-ring (bicyclic) bond motifs is 4. The number of hydrogen-bond acceptors (Lipinski definition) is 13. The molecule has 7 atom stereocenters. The van der Waals surface area contributed by atoms with Gasteiger partial charge in [0.05, 0.1) is 32.1 Å². The van der Waals surface area contributed by atoms with Crippen molar-refractivity contribution in [2.45, 2.75) is 166 Å². The number of aliphatic hydroxyl groups excluding tert-OH is 2. The van der Waals surface area contributed by atoms with E-state index in [4.69, 9.17) is 33.6 Å². The average Bonchev–Trinajstić information content (AvgIpc) is 3.81. The standard InChI is InChI=1S/C48H67N3O12/c1-6-8-10-22-47(23-11-9-7-2)61-39-37-28-48(45(57)49-29-34-13-12-14-35(27-34)43(55)50-36(31-53)19-20-38(54)60-46(3,4)5)41(44(56)59-37)51(63-42(48)40(39)62-47)30-33-17-15-32(16-18-33)21-25-58-26-24-52/h12-18,21,25,27,36-37,39-42,52-53H,6-11,19-20,22-24,26,28-31H2,1-5H3,(H,49,57)(H,50,55)/t36-,37?,39-,40-,41-,42+,48?/m0/s1. The van der Waals surface area contributed by atoms with Crippen LogP contribution in [0.2, 0.25) is 0 Å². The SMILES string of the molecule is CCCCCC1(CCCCC)O[C@@H]2[C@H]3ON(Cc4ccc(C=COCCO)cc4)[C@H]4C(=O)OC(CC34C(=O)NCc3cccc(C(=O)N[C@H](CO)CCC(=O)OC(C)(C)C)c3)[C@@H]2O1. The molecule has 3 saturated heterocycles. The molecule has 1 aliphatic carbocycles. The number of ether oxygens (including phenoxy) is 5. The van der Waals surface area contributed by atoms with Crippen LogP contribution in [0.25, 0.3) is 6.08 Å². The van der Waals surface area contributed by atoms with Gasteiger partial charge in [-0.05, 0) is 74.9 Å². The predicted octanol–water partition coefficient (Wildman–Crippen LogP) is 5.64. The molecular weight excluding hydrogens is 811 g/mol. The van der Waals surface area contributed by atoms with Crippen molar-refractivity contribution in [2.75, 3.05) is 19.8 Å². The van der Waals surface area contributed by atoms with E-state index < -0.39 is 71.1 Å². The van der Waals surface area contributed by atoms with Crippen molar-refractivity contribution >= 4 is 29.8 Å². The molecule has 15 heteroatoms. The molecule has 3 aliphatic heterocycles. The van der Waals surface area contributed by atoms with E-state index in [1.165, 1.54) is 6.26 Å². The maximum absolute atomic E-state index is 15.0. The molecule has 4 fully saturated rings. The number of rotatable bonds is 23. The number of hydroxylamine groups is 2. The minimum atomic E-state index is -1.39. The zero-order valence-corrected chi connectivity index (χ0v) is 37.5. The van der Waals surface area contributed by atoms with Crippen LogP contribution in [0.5, 0.6) is 0 Å². The number of hydrogen-bond donors (Lipinski definition) is 4. The van der Waals surface area contributed by atoms with Gasteiger partial charge in [0.15, 0.2) is 11.8 Å². The first-order valence-electron chi connectivity index (χ1n) is 22.7.